The van der Waals surface area contributed by atoms with Gasteiger partial charge in [0.05, 0.1) is 6.26 Å². The molecule has 3 heterocycles. The molecule has 0 saturated carbocycles. The molecule has 144 valence electrons. The highest BCUT2D eigenvalue weighted by Gasteiger charge is 2.34. The van der Waals surface area contributed by atoms with Crippen LogP contribution in [0.5, 0.6) is 5.75 Å². The second kappa shape index (κ2) is 7.38. The normalized spacial score (nSPS) is 18.8. The van der Waals surface area contributed by atoms with Gasteiger partial charge in [-0.2, -0.15) is 8.78 Å². The van der Waals surface area contributed by atoms with Crippen LogP contribution in [0, 0.1) is 5.92 Å². The SMILES string of the molecule is O=C1N=C(c2ccco2)C=CC1C(=O)N1CCCc2cc(OC(F)F)ccc21. The molecule has 6 nitrogen and oxygen atoms in total. The van der Waals surface area contributed by atoms with Gasteiger partial charge in [0.2, 0.25) is 5.91 Å². The molecule has 0 radical (unpaired) electrons. The lowest BCUT2D eigenvalue weighted by Crippen LogP contribution is -2.42. The highest BCUT2D eigenvalue weighted by Crippen LogP contribution is 2.32. The monoisotopic (exact) mass is 386 g/mol. The van der Waals surface area contributed by atoms with Gasteiger partial charge in [0.1, 0.15) is 17.4 Å². The van der Waals surface area contributed by atoms with Crippen molar-refractivity contribution in [3.63, 3.8) is 0 Å². The fourth-order valence-electron chi connectivity index (χ4n) is 3.39. The number of hydrogen-bond donors (Lipinski definition) is 0. The number of aryl methyl sites for hydroxylation is 1. The lowest BCUT2D eigenvalue weighted by Gasteiger charge is -2.31. The lowest BCUT2D eigenvalue weighted by molar-refractivity contribution is -0.129. The molecule has 1 aromatic carbocycles. The van der Waals surface area contributed by atoms with Gasteiger partial charge in [-0.25, -0.2) is 4.99 Å². The first-order valence-corrected chi connectivity index (χ1v) is 8.76. The van der Waals surface area contributed by atoms with Crippen molar-refractivity contribution in [2.45, 2.75) is 19.5 Å². The molecule has 2 aliphatic rings. The quantitative estimate of drug-likeness (QED) is 0.756. The van der Waals surface area contributed by atoms with Crippen molar-refractivity contribution in [3.05, 3.63) is 60.1 Å². The Labute approximate surface area is 159 Å². The van der Waals surface area contributed by atoms with Crippen molar-refractivity contribution in [1.29, 1.82) is 0 Å². The third-order valence-electron chi connectivity index (χ3n) is 4.64. The molecule has 0 spiro atoms. The molecule has 0 aliphatic carbocycles. The molecule has 0 saturated heterocycles. The lowest BCUT2D eigenvalue weighted by atomic mass is 9.97. The maximum Gasteiger partial charge on any atom is 0.387 e. The van der Waals surface area contributed by atoms with E-state index < -0.39 is 24.3 Å². The molecule has 0 fully saturated rings. The zero-order valence-corrected chi connectivity index (χ0v) is 14.7. The van der Waals surface area contributed by atoms with E-state index in [9.17, 15) is 18.4 Å². The zero-order valence-electron chi connectivity index (χ0n) is 14.7. The van der Waals surface area contributed by atoms with Crippen LogP contribution < -0.4 is 9.64 Å². The molecular formula is C20H16F2N2O4. The number of carbonyl (C=O) groups is 2. The van der Waals surface area contributed by atoms with Gasteiger partial charge in [0, 0.05) is 12.2 Å². The summed E-state index contributed by atoms with van der Waals surface area (Å²) in [6.07, 6.45) is 5.87. The van der Waals surface area contributed by atoms with Crippen LogP contribution in [0.15, 0.2) is 58.2 Å². The number of anilines is 1. The van der Waals surface area contributed by atoms with Gasteiger partial charge in [-0.05, 0) is 54.8 Å². The summed E-state index contributed by atoms with van der Waals surface area (Å²) in [7, 11) is 0. The third-order valence-corrected chi connectivity index (χ3v) is 4.64. The first kappa shape index (κ1) is 18.1. The average molecular weight is 386 g/mol. The van der Waals surface area contributed by atoms with E-state index in [1.807, 2.05) is 0 Å². The van der Waals surface area contributed by atoms with Crippen LogP contribution in [0.2, 0.25) is 0 Å². The summed E-state index contributed by atoms with van der Waals surface area (Å²) < 4.78 is 34.5. The van der Waals surface area contributed by atoms with Crippen molar-refractivity contribution in [3.8, 4) is 5.75 Å². The number of fused-ring (bicyclic) bond motifs is 1. The Morgan fingerprint density at radius 2 is 2.18 bits per heavy atom. The van der Waals surface area contributed by atoms with E-state index in [0.717, 1.165) is 5.56 Å². The zero-order chi connectivity index (χ0) is 19.7. The molecular weight excluding hydrogens is 370 g/mol. The molecule has 8 heteroatoms. The second-order valence-electron chi connectivity index (χ2n) is 6.41. The van der Waals surface area contributed by atoms with Gasteiger partial charge in [-0.1, -0.05) is 6.08 Å². The fraction of sp³-hybridized carbons (Fsp3) is 0.250. The molecule has 4 rings (SSSR count). The topological polar surface area (TPSA) is 72.1 Å². The number of ether oxygens (including phenoxy) is 1. The van der Waals surface area contributed by atoms with E-state index in [2.05, 4.69) is 9.73 Å². The summed E-state index contributed by atoms with van der Waals surface area (Å²) in [5, 5.41) is 0. The van der Waals surface area contributed by atoms with E-state index in [0.29, 0.717) is 36.5 Å². The van der Waals surface area contributed by atoms with Crippen LogP contribution in [0.3, 0.4) is 0 Å². The number of rotatable bonds is 4. The minimum Gasteiger partial charge on any atom is -0.463 e. The van der Waals surface area contributed by atoms with E-state index >= 15 is 0 Å². The molecule has 0 bridgehead atoms. The van der Waals surface area contributed by atoms with Crippen molar-refractivity contribution in [2.75, 3.05) is 11.4 Å². The Kier molecular flexibility index (Phi) is 4.77. The number of alkyl halides is 2. The highest BCUT2D eigenvalue weighted by atomic mass is 19.3. The van der Waals surface area contributed by atoms with Gasteiger partial charge >= 0.3 is 6.61 Å². The summed E-state index contributed by atoms with van der Waals surface area (Å²) in [6, 6.07) is 7.83. The summed E-state index contributed by atoms with van der Waals surface area (Å²) in [4.78, 5) is 30.9. The van der Waals surface area contributed by atoms with Crippen LogP contribution >= 0.6 is 0 Å². The van der Waals surface area contributed by atoms with Crippen molar-refractivity contribution in [1.82, 2.24) is 0 Å². The predicted octanol–water partition coefficient (Wildman–Crippen LogP) is 3.36. The first-order valence-electron chi connectivity index (χ1n) is 8.76. The largest absolute Gasteiger partial charge is 0.463 e. The van der Waals surface area contributed by atoms with E-state index in [1.165, 1.54) is 29.4 Å². The Balaban J connectivity index is 1.55. The van der Waals surface area contributed by atoms with Gasteiger partial charge in [0.15, 0.2) is 5.76 Å². The Bertz CT molecular complexity index is 967. The molecule has 28 heavy (non-hydrogen) atoms. The van der Waals surface area contributed by atoms with Gasteiger partial charge in [-0.15, -0.1) is 0 Å². The van der Waals surface area contributed by atoms with Gasteiger partial charge in [-0.3, -0.25) is 9.59 Å². The number of allylic oxidation sites excluding steroid dienone is 1. The van der Waals surface area contributed by atoms with Crippen LogP contribution in [-0.2, 0) is 16.0 Å². The second-order valence-corrected chi connectivity index (χ2v) is 6.41. The van der Waals surface area contributed by atoms with Crippen molar-refractivity contribution >= 4 is 23.2 Å². The van der Waals surface area contributed by atoms with Gasteiger partial charge < -0.3 is 14.1 Å². The number of nitrogens with zero attached hydrogens (tertiary/aromatic N) is 2. The number of hydrogen-bond acceptors (Lipinski definition) is 4. The van der Waals surface area contributed by atoms with Gasteiger partial charge in [0.25, 0.3) is 5.91 Å². The van der Waals surface area contributed by atoms with Crippen molar-refractivity contribution < 1.29 is 27.5 Å². The summed E-state index contributed by atoms with van der Waals surface area (Å²) in [5.41, 5.74) is 1.69. The molecule has 1 aromatic heterocycles. The Hall–Kier alpha value is -3.29. The molecule has 1 atom stereocenters. The van der Waals surface area contributed by atoms with E-state index in [4.69, 9.17) is 4.42 Å². The summed E-state index contributed by atoms with van der Waals surface area (Å²) >= 11 is 0. The highest BCUT2D eigenvalue weighted by molar-refractivity contribution is 6.19. The minimum absolute atomic E-state index is 0.0457. The van der Waals surface area contributed by atoms with E-state index in [1.54, 1.807) is 24.3 Å². The molecule has 2 amide bonds. The number of benzene rings is 1. The standard InChI is InChI=1S/C20H16F2N2O4/c21-20(22)28-13-5-8-16-12(11-13)3-1-9-24(16)19(26)14-6-7-15(23-18(14)25)17-4-2-10-27-17/h2,4-8,10-11,14,20H,1,3,9H2. The Morgan fingerprint density at radius 1 is 1.32 bits per heavy atom. The number of dihydropyridines is 1. The van der Waals surface area contributed by atoms with Crippen LogP contribution in [0.4, 0.5) is 14.5 Å². The maximum absolute atomic E-state index is 13.0. The van der Waals surface area contributed by atoms with Crippen LogP contribution in [0.1, 0.15) is 17.7 Å². The minimum atomic E-state index is -2.91. The number of halogens is 2. The van der Waals surface area contributed by atoms with Crippen molar-refractivity contribution in [2.24, 2.45) is 10.9 Å². The smallest absolute Gasteiger partial charge is 0.387 e. The molecule has 0 N–H and O–H groups in total. The Morgan fingerprint density at radius 3 is 2.89 bits per heavy atom. The van der Waals surface area contributed by atoms with E-state index in [-0.39, 0.29) is 5.75 Å². The fourth-order valence-corrected chi connectivity index (χ4v) is 3.39. The number of furan rings is 1. The van der Waals surface area contributed by atoms with Crippen LogP contribution in [0.25, 0.3) is 0 Å². The summed E-state index contributed by atoms with van der Waals surface area (Å²) in [5.74, 6) is -1.49. The average Bonchev–Trinajstić information content (AvgIpc) is 3.21. The number of aliphatic imine (C=N–C) groups is 1. The number of amides is 2. The predicted molar refractivity (Wildman–Crippen MR) is 96.6 cm³/mol. The molecule has 2 aromatic rings. The molecule has 1 unspecified atom stereocenters. The molecule has 2 aliphatic heterocycles. The summed E-state index contributed by atoms with van der Waals surface area (Å²) in [6.45, 7) is -2.47. The first-order chi connectivity index (χ1) is 13.5. The third kappa shape index (κ3) is 3.45. The number of carbonyl (C=O) groups excluding carboxylic acids is 2. The maximum atomic E-state index is 13.0. The van der Waals surface area contributed by atoms with Crippen LogP contribution in [-0.4, -0.2) is 30.7 Å².